The molecule has 0 radical (unpaired) electrons. The van der Waals surface area contributed by atoms with E-state index < -0.39 is 0 Å². The van der Waals surface area contributed by atoms with Crippen LogP contribution in [0.3, 0.4) is 0 Å². The molecule has 0 saturated heterocycles. The monoisotopic (exact) mass is 269 g/mol. The Morgan fingerprint density at radius 3 is 2.85 bits per heavy atom. The van der Waals surface area contributed by atoms with E-state index in [1.165, 1.54) is 17.7 Å². The van der Waals surface area contributed by atoms with Gasteiger partial charge in [0.15, 0.2) is 5.78 Å². The van der Waals surface area contributed by atoms with Crippen LogP contribution < -0.4 is 5.32 Å². The third-order valence-corrected chi connectivity index (χ3v) is 3.83. The van der Waals surface area contributed by atoms with Gasteiger partial charge in [-0.3, -0.25) is 4.79 Å². The topological polar surface area (TPSA) is 29.1 Å². The molecule has 0 fully saturated rings. The van der Waals surface area contributed by atoms with Crippen molar-refractivity contribution in [3.63, 3.8) is 0 Å². The number of anilines is 1. The summed E-state index contributed by atoms with van der Waals surface area (Å²) in [6.45, 7) is 1.84. The Labute approximate surface area is 117 Å². The first-order chi connectivity index (χ1) is 9.63. The van der Waals surface area contributed by atoms with E-state index in [-0.39, 0.29) is 17.6 Å². The van der Waals surface area contributed by atoms with Gasteiger partial charge in [-0.25, -0.2) is 4.39 Å². The maximum absolute atomic E-state index is 13.1. The molecule has 2 nitrogen and oxygen atoms in total. The zero-order valence-corrected chi connectivity index (χ0v) is 11.3. The van der Waals surface area contributed by atoms with Crippen molar-refractivity contribution >= 4 is 11.5 Å². The summed E-state index contributed by atoms with van der Waals surface area (Å²) in [5.41, 5.74) is 3.95. The van der Waals surface area contributed by atoms with Crippen molar-refractivity contribution in [2.24, 2.45) is 0 Å². The number of halogens is 1. The Morgan fingerprint density at radius 1 is 1.30 bits per heavy atom. The highest BCUT2D eigenvalue weighted by Crippen LogP contribution is 2.26. The van der Waals surface area contributed by atoms with Crippen molar-refractivity contribution in [3.8, 4) is 0 Å². The minimum absolute atomic E-state index is 0.149. The number of hydrogen-bond donors (Lipinski definition) is 1. The first kappa shape index (κ1) is 12.9. The fourth-order valence-corrected chi connectivity index (χ4v) is 2.66. The second kappa shape index (κ2) is 5.08. The van der Waals surface area contributed by atoms with Crippen molar-refractivity contribution in [1.29, 1.82) is 0 Å². The molecule has 1 atom stereocenters. The minimum Gasteiger partial charge on any atom is -0.375 e. The lowest BCUT2D eigenvalue weighted by molar-refractivity contribution is -0.119. The van der Waals surface area contributed by atoms with Gasteiger partial charge in [-0.15, -0.1) is 0 Å². The Balaban J connectivity index is 1.72. The Hall–Kier alpha value is -2.16. The van der Waals surface area contributed by atoms with Gasteiger partial charge in [0.2, 0.25) is 0 Å². The number of nitrogens with one attached hydrogen (secondary N) is 1. The van der Waals surface area contributed by atoms with Crippen molar-refractivity contribution < 1.29 is 9.18 Å². The molecule has 2 aromatic carbocycles. The predicted octanol–water partition coefficient (Wildman–Crippen LogP) is 3.28. The zero-order valence-electron chi connectivity index (χ0n) is 11.3. The molecule has 0 spiro atoms. The first-order valence-corrected chi connectivity index (χ1v) is 6.75. The highest BCUT2D eigenvalue weighted by molar-refractivity contribution is 5.91. The lowest BCUT2D eigenvalue weighted by Crippen LogP contribution is -2.28. The Kier molecular flexibility index (Phi) is 3.26. The summed E-state index contributed by atoms with van der Waals surface area (Å²) in [6.07, 6.45) is 1.08. The minimum atomic E-state index is -0.259. The summed E-state index contributed by atoms with van der Waals surface area (Å²) in [4.78, 5) is 12.4. The van der Waals surface area contributed by atoms with Crippen LogP contribution in [0.15, 0.2) is 42.5 Å². The molecular formula is C17H16FNO. The van der Waals surface area contributed by atoms with Crippen LogP contribution in [-0.4, -0.2) is 11.8 Å². The van der Waals surface area contributed by atoms with Crippen molar-refractivity contribution in [2.75, 3.05) is 5.32 Å². The number of aryl methyl sites for hydroxylation is 1. The van der Waals surface area contributed by atoms with E-state index in [0.717, 1.165) is 23.2 Å². The second-order valence-corrected chi connectivity index (χ2v) is 5.27. The third kappa shape index (κ3) is 2.44. The molecule has 0 aliphatic carbocycles. The average molecular weight is 269 g/mol. The molecule has 0 aromatic heterocycles. The van der Waals surface area contributed by atoms with E-state index in [9.17, 15) is 9.18 Å². The summed E-state index contributed by atoms with van der Waals surface area (Å²) in [7, 11) is 0. The Morgan fingerprint density at radius 2 is 2.10 bits per heavy atom. The van der Waals surface area contributed by atoms with Crippen LogP contribution in [0.5, 0.6) is 0 Å². The van der Waals surface area contributed by atoms with Gasteiger partial charge in [0.25, 0.3) is 0 Å². The lowest BCUT2D eigenvalue weighted by atomic mass is 9.98. The van der Waals surface area contributed by atoms with Gasteiger partial charge in [0.05, 0.1) is 6.04 Å². The molecule has 3 heteroatoms. The molecule has 1 N–H and O–H groups in total. The van der Waals surface area contributed by atoms with Gasteiger partial charge >= 0.3 is 0 Å². The fraction of sp³-hybridized carbons (Fsp3) is 0.235. The Bertz CT molecular complexity index is 641. The van der Waals surface area contributed by atoms with Crippen molar-refractivity contribution in [3.05, 3.63) is 65.0 Å². The highest BCUT2D eigenvalue weighted by atomic mass is 19.1. The molecule has 20 heavy (non-hydrogen) atoms. The number of para-hydroxylation sites is 1. The van der Waals surface area contributed by atoms with Crippen LogP contribution in [0.2, 0.25) is 0 Å². The van der Waals surface area contributed by atoms with E-state index in [0.29, 0.717) is 6.42 Å². The van der Waals surface area contributed by atoms with E-state index in [1.807, 2.05) is 31.2 Å². The first-order valence-electron chi connectivity index (χ1n) is 6.75. The number of Topliss-reactive ketones (excluding diaryl/α,β-unsaturated/α-hetero) is 1. The molecule has 0 bridgehead atoms. The van der Waals surface area contributed by atoms with Crippen LogP contribution >= 0.6 is 0 Å². The largest absolute Gasteiger partial charge is 0.375 e. The van der Waals surface area contributed by atoms with Crippen LogP contribution in [0.25, 0.3) is 0 Å². The number of hydrogen-bond acceptors (Lipinski definition) is 2. The van der Waals surface area contributed by atoms with Gasteiger partial charge in [-0.2, -0.15) is 0 Å². The molecule has 1 unspecified atom stereocenters. The molecular weight excluding hydrogens is 253 g/mol. The third-order valence-electron chi connectivity index (χ3n) is 3.83. The van der Waals surface area contributed by atoms with Crippen LogP contribution in [-0.2, 0) is 17.6 Å². The van der Waals surface area contributed by atoms with Crippen LogP contribution in [0, 0.1) is 12.7 Å². The molecule has 1 heterocycles. The number of benzene rings is 2. The van der Waals surface area contributed by atoms with E-state index in [1.54, 1.807) is 6.07 Å². The standard InChI is InChI=1S/C17H16FNO/c1-11-8-14(18)7-6-12(11)10-17(20)16-9-13-4-2-3-5-15(13)19-16/h2-8,16,19H,9-10H2,1H3. The average Bonchev–Trinajstić information content (AvgIpc) is 2.86. The quantitative estimate of drug-likeness (QED) is 0.926. The molecule has 102 valence electrons. The molecule has 1 aliphatic rings. The summed E-state index contributed by atoms with van der Waals surface area (Å²) in [5.74, 6) is -0.110. The van der Waals surface area contributed by atoms with Crippen molar-refractivity contribution in [1.82, 2.24) is 0 Å². The number of ketones is 1. The van der Waals surface area contributed by atoms with Gasteiger partial charge in [0.1, 0.15) is 5.82 Å². The lowest BCUT2D eigenvalue weighted by Gasteiger charge is -2.11. The molecule has 1 aliphatic heterocycles. The summed E-state index contributed by atoms with van der Waals surface area (Å²) in [6, 6.07) is 12.4. The maximum atomic E-state index is 13.1. The smallest absolute Gasteiger partial charge is 0.159 e. The van der Waals surface area contributed by atoms with Crippen LogP contribution in [0.1, 0.15) is 16.7 Å². The molecule has 0 saturated carbocycles. The SMILES string of the molecule is Cc1cc(F)ccc1CC(=O)C1Cc2ccccc2N1. The second-order valence-electron chi connectivity index (χ2n) is 5.27. The highest BCUT2D eigenvalue weighted by Gasteiger charge is 2.26. The number of carbonyl (C=O) groups excluding carboxylic acids is 1. The van der Waals surface area contributed by atoms with Gasteiger partial charge < -0.3 is 5.32 Å². The molecule has 0 amide bonds. The van der Waals surface area contributed by atoms with Crippen molar-refractivity contribution in [2.45, 2.75) is 25.8 Å². The van der Waals surface area contributed by atoms with E-state index >= 15 is 0 Å². The summed E-state index contributed by atoms with van der Waals surface area (Å²) < 4.78 is 13.1. The predicted molar refractivity (Wildman–Crippen MR) is 77.4 cm³/mol. The van der Waals surface area contributed by atoms with E-state index in [2.05, 4.69) is 5.32 Å². The van der Waals surface area contributed by atoms with Gasteiger partial charge in [-0.05, 0) is 41.8 Å². The van der Waals surface area contributed by atoms with Gasteiger partial charge in [0, 0.05) is 18.5 Å². The summed E-state index contributed by atoms with van der Waals surface area (Å²) in [5, 5.41) is 3.26. The van der Waals surface area contributed by atoms with Crippen LogP contribution in [0.4, 0.5) is 10.1 Å². The maximum Gasteiger partial charge on any atom is 0.159 e. The molecule has 3 rings (SSSR count). The number of rotatable bonds is 3. The summed E-state index contributed by atoms with van der Waals surface area (Å²) >= 11 is 0. The normalized spacial score (nSPS) is 16.6. The van der Waals surface area contributed by atoms with Gasteiger partial charge in [-0.1, -0.05) is 24.3 Å². The van der Waals surface area contributed by atoms with E-state index in [4.69, 9.17) is 0 Å². The zero-order chi connectivity index (χ0) is 14.1. The molecule has 2 aromatic rings. The fourth-order valence-electron chi connectivity index (χ4n) is 2.66. The number of fused-ring (bicyclic) bond motifs is 1. The number of carbonyl (C=O) groups is 1.